The van der Waals surface area contributed by atoms with Crippen molar-refractivity contribution in [3.63, 3.8) is 0 Å². The Labute approximate surface area is 355 Å². The van der Waals surface area contributed by atoms with Crippen molar-refractivity contribution in [1.82, 2.24) is 35.0 Å². The molecule has 4 heterocycles. The summed E-state index contributed by atoms with van der Waals surface area (Å²) in [7, 11) is 0. The van der Waals surface area contributed by atoms with Gasteiger partial charge in [-0.25, -0.2) is 4.79 Å². The lowest BCUT2D eigenvalue weighted by molar-refractivity contribution is -0.132. The number of hydrogen-bond acceptors (Lipinski definition) is 13. The van der Waals surface area contributed by atoms with E-state index in [9.17, 15) is 24.6 Å². The number of piperazine rings is 1. The molecule has 2 aromatic heterocycles. The Bertz CT molecular complexity index is 2070. The monoisotopic (exact) mass is 842 g/mol. The fourth-order valence-corrected chi connectivity index (χ4v) is 8.83. The lowest BCUT2D eigenvalue weighted by Gasteiger charge is -2.42. The normalized spacial score (nSPS) is 22.9. The number of carbonyl (C=O) groups excluding carboxylic acids is 2. The number of nitrogens with one attached hydrogen (secondary N) is 2. The molecule has 2 saturated heterocycles. The molecule has 0 saturated carbocycles. The van der Waals surface area contributed by atoms with Crippen molar-refractivity contribution in [2.24, 2.45) is 5.92 Å². The van der Waals surface area contributed by atoms with E-state index in [1.807, 2.05) is 93.7 Å². The summed E-state index contributed by atoms with van der Waals surface area (Å²) in [6.07, 6.45) is 4.44. The topological polar surface area (TPSA) is 208 Å². The highest BCUT2D eigenvalue weighted by molar-refractivity contribution is 8.00. The zero-order valence-corrected chi connectivity index (χ0v) is 35.3. The largest absolute Gasteiger partial charge is 0.393 e. The summed E-state index contributed by atoms with van der Waals surface area (Å²) < 4.78 is 6.79. The molecule has 7 N–H and O–H groups in total. The van der Waals surface area contributed by atoms with Crippen LogP contribution >= 0.6 is 11.8 Å². The molecule has 60 heavy (non-hydrogen) atoms. The first-order valence-electron chi connectivity index (χ1n) is 20.4. The maximum Gasteiger partial charge on any atom is 0.351 e. The fourth-order valence-electron chi connectivity index (χ4n) is 7.90. The SMILES string of the molecule is CC(C)(C)NC(=O)[C@@H]1CN(Cc2cccnc2)CCN1C[C@@H](O)C[C@@H](Cc1ccccc1)C(=O)N[C@H]1c2ccccc2C[C@H]1O.Nc1ccn([C@@H]2CS[C@@H](CO)O2)c(=O)n1. The van der Waals surface area contributed by atoms with Crippen LogP contribution in [0.4, 0.5) is 5.82 Å². The number of carbonyl (C=O) groups is 2. The van der Waals surface area contributed by atoms with E-state index in [0.29, 0.717) is 38.2 Å². The number of aliphatic hydroxyl groups is 3. The summed E-state index contributed by atoms with van der Waals surface area (Å²) in [4.78, 5) is 50.9. The Kier molecular flexibility index (Phi) is 15.5. The summed E-state index contributed by atoms with van der Waals surface area (Å²) in [5.41, 5.74) is 8.35. The van der Waals surface area contributed by atoms with Gasteiger partial charge in [0.05, 0.1) is 24.9 Å². The van der Waals surface area contributed by atoms with E-state index in [0.717, 1.165) is 28.8 Å². The van der Waals surface area contributed by atoms with Gasteiger partial charge in [-0.05, 0) is 68.0 Å². The highest BCUT2D eigenvalue weighted by Crippen LogP contribution is 2.32. The smallest absolute Gasteiger partial charge is 0.351 e. The van der Waals surface area contributed by atoms with Gasteiger partial charge in [-0.3, -0.25) is 28.9 Å². The fraction of sp³-hybridized carbons (Fsp3) is 0.477. The van der Waals surface area contributed by atoms with Gasteiger partial charge in [0, 0.05) is 74.9 Å². The number of pyridine rings is 1. The van der Waals surface area contributed by atoms with Crippen molar-refractivity contribution in [2.45, 2.75) is 88.1 Å². The number of benzene rings is 2. The van der Waals surface area contributed by atoms with Gasteiger partial charge in [0.2, 0.25) is 11.8 Å². The van der Waals surface area contributed by atoms with E-state index in [-0.39, 0.29) is 48.9 Å². The van der Waals surface area contributed by atoms with E-state index in [1.165, 1.54) is 16.3 Å². The molecule has 7 rings (SSSR count). The summed E-state index contributed by atoms with van der Waals surface area (Å²) in [6.45, 7) is 8.69. The number of hydrogen-bond donors (Lipinski definition) is 6. The van der Waals surface area contributed by atoms with Crippen LogP contribution in [0.5, 0.6) is 0 Å². The van der Waals surface area contributed by atoms with Gasteiger partial charge in [0.25, 0.3) is 0 Å². The highest BCUT2D eigenvalue weighted by Gasteiger charge is 2.37. The van der Waals surface area contributed by atoms with Gasteiger partial charge in [-0.1, -0.05) is 60.7 Å². The average Bonchev–Trinajstić information content (AvgIpc) is 3.82. The van der Waals surface area contributed by atoms with Crippen LogP contribution < -0.4 is 22.1 Å². The lowest BCUT2D eigenvalue weighted by Crippen LogP contribution is -2.61. The molecule has 2 amide bonds. The Morgan fingerprint density at radius 1 is 1.03 bits per heavy atom. The van der Waals surface area contributed by atoms with Crippen molar-refractivity contribution in [2.75, 3.05) is 44.3 Å². The minimum Gasteiger partial charge on any atom is -0.393 e. The third-order valence-electron chi connectivity index (χ3n) is 10.7. The third-order valence-corrected chi connectivity index (χ3v) is 11.9. The Morgan fingerprint density at radius 3 is 2.48 bits per heavy atom. The summed E-state index contributed by atoms with van der Waals surface area (Å²) in [6, 6.07) is 22.2. The molecular weight excluding hydrogens is 785 g/mol. The number of nitrogen functional groups attached to an aromatic ring is 1. The van der Waals surface area contributed by atoms with E-state index in [1.54, 1.807) is 18.5 Å². The van der Waals surface area contributed by atoms with Gasteiger partial charge in [-0.15, -0.1) is 11.8 Å². The van der Waals surface area contributed by atoms with Crippen LogP contribution in [0, 0.1) is 5.92 Å². The molecule has 7 atom stereocenters. The van der Waals surface area contributed by atoms with Gasteiger partial charge in [-0.2, -0.15) is 4.98 Å². The van der Waals surface area contributed by atoms with Crippen molar-refractivity contribution >= 4 is 29.4 Å². The average molecular weight is 843 g/mol. The zero-order chi connectivity index (χ0) is 42.8. The van der Waals surface area contributed by atoms with E-state index >= 15 is 0 Å². The van der Waals surface area contributed by atoms with Crippen molar-refractivity contribution in [3.8, 4) is 0 Å². The Hall–Kier alpha value is -4.68. The number of amides is 2. The minimum absolute atomic E-state index is 0.0572. The first-order valence-corrected chi connectivity index (χ1v) is 21.5. The first-order chi connectivity index (χ1) is 28.8. The van der Waals surface area contributed by atoms with Crippen LogP contribution in [0.3, 0.4) is 0 Å². The molecule has 2 aliphatic heterocycles. The van der Waals surface area contributed by atoms with Gasteiger partial charge in [0.1, 0.15) is 23.5 Å². The van der Waals surface area contributed by atoms with Gasteiger partial charge >= 0.3 is 5.69 Å². The van der Waals surface area contributed by atoms with Gasteiger partial charge < -0.3 is 36.4 Å². The van der Waals surface area contributed by atoms with Crippen LogP contribution in [-0.4, -0.2) is 119 Å². The molecule has 2 aromatic carbocycles. The minimum atomic E-state index is -0.833. The number of ether oxygens (including phenoxy) is 1. The molecule has 0 unspecified atom stereocenters. The van der Waals surface area contributed by atoms with Crippen LogP contribution in [-0.2, 0) is 33.7 Å². The number of aromatic nitrogens is 3. The Morgan fingerprint density at radius 2 is 1.78 bits per heavy atom. The number of aliphatic hydroxyl groups excluding tert-OH is 3. The number of anilines is 1. The maximum atomic E-state index is 13.8. The van der Waals surface area contributed by atoms with Crippen LogP contribution in [0.15, 0.2) is 96.2 Å². The van der Waals surface area contributed by atoms with E-state index in [4.69, 9.17) is 15.6 Å². The summed E-state index contributed by atoms with van der Waals surface area (Å²) in [5, 5.41) is 37.4. The molecular formula is C44H58N8O7S. The van der Waals surface area contributed by atoms with Crippen LogP contribution in [0.25, 0.3) is 0 Å². The number of fused-ring (bicyclic) bond motifs is 1. The maximum absolute atomic E-state index is 13.8. The highest BCUT2D eigenvalue weighted by atomic mass is 32.2. The molecule has 4 aromatic rings. The molecule has 16 heteroatoms. The predicted octanol–water partition coefficient (Wildman–Crippen LogP) is 2.27. The predicted molar refractivity (Wildman–Crippen MR) is 230 cm³/mol. The zero-order valence-electron chi connectivity index (χ0n) is 34.5. The Balaban J connectivity index is 0.000000336. The summed E-state index contributed by atoms with van der Waals surface area (Å²) >= 11 is 1.47. The quantitative estimate of drug-likeness (QED) is 0.114. The van der Waals surface area contributed by atoms with Crippen LogP contribution in [0.2, 0.25) is 0 Å². The number of β-amino-alcohol motifs (C(OH)–C–C–N with tert-alkyl or cyclic N) is 1. The number of nitrogens with two attached hydrogens (primary N) is 1. The van der Waals surface area contributed by atoms with Crippen LogP contribution in [0.1, 0.15) is 61.7 Å². The van der Waals surface area contributed by atoms with E-state index in [2.05, 4.69) is 30.4 Å². The molecule has 0 radical (unpaired) electrons. The lowest BCUT2D eigenvalue weighted by atomic mass is 9.91. The molecule has 322 valence electrons. The molecule has 0 bridgehead atoms. The van der Waals surface area contributed by atoms with Crippen molar-refractivity contribution in [1.29, 1.82) is 0 Å². The van der Waals surface area contributed by atoms with Crippen molar-refractivity contribution in [3.05, 3.63) is 124 Å². The summed E-state index contributed by atoms with van der Waals surface area (Å²) in [5.74, 6) is 0.0354. The van der Waals surface area contributed by atoms with Gasteiger partial charge in [0.15, 0.2) is 0 Å². The standard InChI is InChI=1S/C36H47N5O4.C8H11N3O3S/c1-36(2,3)39-35(45)31-24-40(22-26-12-9-15-37-21-26)16-17-41(31)23-29(42)19-28(18-25-10-5-4-6-11-25)34(44)38-33-30-14-8-7-13-27(30)20-32(33)43;9-5-1-2-11(8(13)10-5)6-4-15-7(3-12)14-6/h4-15,21,28-29,31-33,42-43H,16-20,22-24H2,1-3H3,(H,38,44)(H,39,45);1-2,6-7,12H,3-4H2,(H2,9,10,13)/t28-,29+,31+,32-,33+;6-,7-/m10/s1. The molecule has 3 aliphatic rings. The van der Waals surface area contributed by atoms with E-state index < -0.39 is 41.4 Å². The molecule has 2 fully saturated rings. The number of thioether (sulfide) groups is 1. The second-order valence-electron chi connectivity index (χ2n) is 16.7. The molecule has 0 spiro atoms. The second kappa shape index (κ2) is 20.7. The molecule has 15 nitrogen and oxygen atoms in total. The molecule has 1 aliphatic carbocycles. The third kappa shape index (κ3) is 12.4. The number of rotatable bonds is 13. The first kappa shape index (κ1) is 44.9. The van der Waals surface area contributed by atoms with Crippen molar-refractivity contribution < 1.29 is 29.6 Å². The number of nitrogens with zero attached hydrogens (tertiary/aromatic N) is 5. The second-order valence-corrected chi connectivity index (χ2v) is 17.8.